The van der Waals surface area contributed by atoms with Crippen molar-refractivity contribution in [1.82, 2.24) is 9.80 Å². The van der Waals surface area contributed by atoms with Gasteiger partial charge >= 0.3 is 5.97 Å². The summed E-state index contributed by atoms with van der Waals surface area (Å²) in [6.07, 6.45) is 2.32. The molecule has 0 aliphatic carbocycles. The number of benzene rings is 1. The van der Waals surface area contributed by atoms with Crippen LogP contribution in [0.25, 0.3) is 0 Å². The van der Waals surface area contributed by atoms with Crippen LogP contribution in [0.5, 0.6) is 5.75 Å². The van der Waals surface area contributed by atoms with E-state index in [4.69, 9.17) is 9.47 Å². The Morgan fingerprint density at radius 2 is 1.92 bits per heavy atom. The van der Waals surface area contributed by atoms with Gasteiger partial charge < -0.3 is 19.5 Å². The number of ether oxygens (including phenoxy) is 2. The van der Waals surface area contributed by atoms with Crippen molar-refractivity contribution in [1.29, 1.82) is 0 Å². The molecular formula is C19H26N2O5. The average Bonchev–Trinajstić information content (AvgIpc) is 3.02. The fraction of sp³-hybridized carbons (Fsp3) is 0.579. The van der Waals surface area contributed by atoms with Crippen LogP contribution in [-0.4, -0.2) is 71.9 Å². The van der Waals surface area contributed by atoms with Crippen LogP contribution in [0.15, 0.2) is 24.3 Å². The second-order valence-corrected chi connectivity index (χ2v) is 6.86. The van der Waals surface area contributed by atoms with Gasteiger partial charge in [-0.3, -0.25) is 9.69 Å². The SMILES string of the molecule is CCCN1CCC2(CC1)OCC(C(=O)O)N2C(=O)c1ccc(OC)cc1. The van der Waals surface area contributed by atoms with E-state index in [-0.39, 0.29) is 12.5 Å². The molecule has 2 heterocycles. The lowest BCUT2D eigenvalue weighted by Gasteiger charge is -2.44. The molecule has 0 aromatic heterocycles. The number of carboxylic acid groups (broad SMARTS) is 1. The summed E-state index contributed by atoms with van der Waals surface area (Å²) in [6, 6.07) is 5.78. The smallest absolute Gasteiger partial charge is 0.328 e. The highest BCUT2D eigenvalue weighted by Crippen LogP contribution is 2.38. The number of amides is 1. The molecule has 1 atom stereocenters. The minimum Gasteiger partial charge on any atom is -0.497 e. The van der Waals surface area contributed by atoms with Crippen LogP contribution in [-0.2, 0) is 9.53 Å². The first kappa shape index (κ1) is 18.7. The molecule has 0 saturated carbocycles. The van der Waals surface area contributed by atoms with Gasteiger partial charge in [0, 0.05) is 31.5 Å². The zero-order valence-electron chi connectivity index (χ0n) is 15.3. The summed E-state index contributed by atoms with van der Waals surface area (Å²) in [7, 11) is 1.56. The standard InChI is InChI=1S/C19H26N2O5/c1-3-10-20-11-8-19(9-12-20)21(16(13-26-19)18(23)24)17(22)14-4-6-15(25-2)7-5-14/h4-7,16H,3,8-13H2,1-2H3,(H,23,24). The number of hydrogen-bond donors (Lipinski definition) is 1. The van der Waals surface area contributed by atoms with Crippen LogP contribution < -0.4 is 4.74 Å². The molecule has 1 aromatic carbocycles. The van der Waals surface area contributed by atoms with Crippen molar-refractivity contribution in [2.45, 2.75) is 38.0 Å². The Morgan fingerprint density at radius 1 is 1.27 bits per heavy atom. The molecule has 1 aromatic rings. The zero-order valence-corrected chi connectivity index (χ0v) is 15.3. The second kappa shape index (κ2) is 7.63. The van der Waals surface area contributed by atoms with E-state index in [0.29, 0.717) is 24.2 Å². The zero-order chi connectivity index (χ0) is 18.7. The molecule has 2 saturated heterocycles. The van der Waals surface area contributed by atoms with Crippen LogP contribution in [0.4, 0.5) is 0 Å². The summed E-state index contributed by atoms with van der Waals surface area (Å²) in [5.41, 5.74) is -0.387. The third-order valence-electron chi connectivity index (χ3n) is 5.28. The molecule has 142 valence electrons. The van der Waals surface area contributed by atoms with Crippen LogP contribution in [0.1, 0.15) is 36.5 Å². The lowest BCUT2D eigenvalue weighted by atomic mass is 9.96. The lowest BCUT2D eigenvalue weighted by molar-refractivity contribution is -0.143. The van der Waals surface area contributed by atoms with E-state index in [0.717, 1.165) is 26.1 Å². The van der Waals surface area contributed by atoms with Crippen molar-refractivity contribution in [3.63, 3.8) is 0 Å². The van der Waals surface area contributed by atoms with Gasteiger partial charge in [0.1, 0.15) is 11.5 Å². The van der Waals surface area contributed by atoms with Crippen LogP contribution in [0, 0.1) is 0 Å². The average molecular weight is 362 g/mol. The van der Waals surface area contributed by atoms with E-state index in [1.54, 1.807) is 31.4 Å². The number of aliphatic carboxylic acids is 1. The maximum atomic E-state index is 13.2. The third-order valence-corrected chi connectivity index (χ3v) is 5.28. The summed E-state index contributed by atoms with van der Waals surface area (Å²) in [4.78, 5) is 28.7. The van der Waals surface area contributed by atoms with Gasteiger partial charge in [0.15, 0.2) is 6.04 Å². The lowest BCUT2D eigenvalue weighted by Crippen LogP contribution is -2.58. The maximum Gasteiger partial charge on any atom is 0.328 e. The van der Waals surface area contributed by atoms with E-state index >= 15 is 0 Å². The Balaban J connectivity index is 1.85. The normalized spacial score (nSPS) is 22.5. The van der Waals surface area contributed by atoms with Gasteiger partial charge in [0.05, 0.1) is 13.7 Å². The van der Waals surface area contributed by atoms with Crippen molar-refractivity contribution in [2.75, 3.05) is 33.4 Å². The fourth-order valence-corrected chi connectivity index (χ4v) is 3.87. The summed E-state index contributed by atoms with van der Waals surface area (Å²) in [5.74, 6) is -0.683. The number of methoxy groups -OCH3 is 1. The van der Waals surface area contributed by atoms with Crippen molar-refractivity contribution in [3.05, 3.63) is 29.8 Å². The Bertz CT molecular complexity index is 652. The van der Waals surface area contributed by atoms with Gasteiger partial charge in [0.2, 0.25) is 0 Å². The molecule has 26 heavy (non-hydrogen) atoms. The van der Waals surface area contributed by atoms with Crippen molar-refractivity contribution < 1.29 is 24.2 Å². The van der Waals surface area contributed by atoms with Crippen LogP contribution in [0.3, 0.4) is 0 Å². The van der Waals surface area contributed by atoms with E-state index in [9.17, 15) is 14.7 Å². The molecule has 0 radical (unpaired) electrons. The molecule has 7 nitrogen and oxygen atoms in total. The van der Waals surface area contributed by atoms with Gasteiger partial charge in [-0.1, -0.05) is 6.92 Å². The van der Waals surface area contributed by atoms with Gasteiger partial charge in [-0.2, -0.15) is 0 Å². The van der Waals surface area contributed by atoms with E-state index in [2.05, 4.69) is 11.8 Å². The highest BCUT2D eigenvalue weighted by Gasteiger charge is 2.53. The van der Waals surface area contributed by atoms with E-state index in [1.165, 1.54) is 4.90 Å². The van der Waals surface area contributed by atoms with E-state index in [1.807, 2.05) is 0 Å². The number of carbonyl (C=O) groups excluding carboxylic acids is 1. The Labute approximate surface area is 153 Å². The summed E-state index contributed by atoms with van der Waals surface area (Å²) in [5, 5.41) is 9.61. The van der Waals surface area contributed by atoms with Crippen molar-refractivity contribution >= 4 is 11.9 Å². The minimum atomic E-state index is -1.03. The molecule has 3 rings (SSSR count). The quantitative estimate of drug-likeness (QED) is 0.861. The maximum absolute atomic E-state index is 13.2. The molecule has 1 spiro atoms. The number of piperidine rings is 1. The van der Waals surface area contributed by atoms with Gasteiger partial charge in [-0.25, -0.2) is 4.79 Å². The third kappa shape index (κ3) is 3.41. The van der Waals surface area contributed by atoms with E-state index < -0.39 is 17.7 Å². The predicted octanol–water partition coefficient (Wildman–Crippen LogP) is 1.82. The number of hydrogen-bond acceptors (Lipinski definition) is 5. The first-order valence-electron chi connectivity index (χ1n) is 9.07. The molecule has 2 fully saturated rings. The summed E-state index contributed by atoms with van der Waals surface area (Å²) < 4.78 is 11.1. The molecule has 7 heteroatoms. The summed E-state index contributed by atoms with van der Waals surface area (Å²) >= 11 is 0. The number of carboxylic acids is 1. The largest absolute Gasteiger partial charge is 0.497 e. The first-order chi connectivity index (χ1) is 12.5. The van der Waals surface area contributed by atoms with Crippen LogP contribution in [0.2, 0.25) is 0 Å². The molecular weight excluding hydrogens is 336 g/mol. The fourth-order valence-electron chi connectivity index (χ4n) is 3.87. The molecule has 2 aliphatic rings. The second-order valence-electron chi connectivity index (χ2n) is 6.86. The minimum absolute atomic E-state index is 0.0327. The van der Waals surface area contributed by atoms with Gasteiger partial charge in [-0.15, -0.1) is 0 Å². The highest BCUT2D eigenvalue weighted by molar-refractivity contribution is 5.97. The number of rotatable bonds is 5. The Kier molecular flexibility index (Phi) is 5.48. The predicted molar refractivity (Wildman–Crippen MR) is 95.2 cm³/mol. The molecule has 0 bridgehead atoms. The van der Waals surface area contributed by atoms with Crippen LogP contribution >= 0.6 is 0 Å². The number of nitrogens with zero attached hydrogens (tertiary/aromatic N) is 2. The number of likely N-dealkylation sites (tertiary alicyclic amines) is 1. The van der Waals surface area contributed by atoms with Crippen molar-refractivity contribution in [2.24, 2.45) is 0 Å². The monoisotopic (exact) mass is 362 g/mol. The first-order valence-corrected chi connectivity index (χ1v) is 9.07. The van der Waals surface area contributed by atoms with Gasteiger partial charge in [-0.05, 0) is 37.2 Å². The van der Waals surface area contributed by atoms with Gasteiger partial charge in [0.25, 0.3) is 5.91 Å². The highest BCUT2D eigenvalue weighted by atomic mass is 16.5. The molecule has 2 aliphatic heterocycles. The topological polar surface area (TPSA) is 79.3 Å². The Hall–Kier alpha value is -2.12. The molecule has 1 amide bonds. The molecule has 1 unspecified atom stereocenters. The Morgan fingerprint density at radius 3 is 2.46 bits per heavy atom. The summed E-state index contributed by atoms with van der Waals surface area (Å²) in [6.45, 7) is 4.77. The number of carbonyl (C=O) groups is 2. The van der Waals surface area contributed by atoms with Crippen molar-refractivity contribution in [3.8, 4) is 5.75 Å². The molecule has 1 N–H and O–H groups in total.